The monoisotopic (exact) mass is 457 g/mol. The predicted octanol–water partition coefficient (Wildman–Crippen LogP) is 1.80. The first-order chi connectivity index (χ1) is 15.1. The highest BCUT2D eigenvalue weighted by molar-refractivity contribution is 5.73. The minimum atomic E-state index is -1.12. The lowest BCUT2D eigenvalue weighted by Crippen LogP contribution is -2.66. The van der Waals surface area contributed by atoms with Crippen LogP contribution in [-0.4, -0.2) is 67.7 Å². The van der Waals surface area contributed by atoms with Crippen molar-refractivity contribution in [2.75, 3.05) is 13.2 Å². The summed E-state index contributed by atoms with van der Waals surface area (Å²) in [5.74, 6) is -2.25. The zero-order chi connectivity index (χ0) is 24.1. The Labute approximate surface area is 188 Å². The van der Waals surface area contributed by atoms with Crippen molar-refractivity contribution >= 4 is 23.8 Å². The van der Waals surface area contributed by atoms with E-state index in [-0.39, 0.29) is 6.61 Å². The summed E-state index contributed by atoms with van der Waals surface area (Å²) >= 11 is 0. The molecule has 10 nitrogen and oxygen atoms in total. The van der Waals surface area contributed by atoms with E-state index in [4.69, 9.17) is 23.7 Å². The van der Waals surface area contributed by atoms with Crippen LogP contribution < -0.4 is 5.32 Å². The Balaban J connectivity index is 3.02. The standard InChI is InChI=1S/C22H35NO9/c1-6-7-8-9-10-11-12-28-22-19(23-14(2)24)21(31-17(5)27)20(30-16(4)26)18(32-22)13-29-15(3)25/h6,18-22H,1,7-13H2,2-5H3,(H,23,24)/t18?,19?,20-,21?,22+/m0/s1. The SMILES string of the molecule is C=CCCCCCCO[C@@H]1OC(COC(C)=O)[C@H](OC(C)=O)C(OC(C)=O)C1NC(C)=O. The second kappa shape index (κ2) is 14.6. The highest BCUT2D eigenvalue weighted by atomic mass is 16.7. The van der Waals surface area contributed by atoms with Crippen LogP contribution in [0.3, 0.4) is 0 Å². The maximum atomic E-state index is 11.8. The smallest absolute Gasteiger partial charge is 0.303 e. The molecular weight excluding hydrogens is 422 g/mol. The molecule has 1 aliphatic rings. The Hall–Kier alpha value is -2.46. The molecule has 1 fully saturated rings. The van der Waals surface area contributed by atoms with Crippen LogP contribution in [0.4, 0.5) is 0 Å². The normalized spacial score (nSPS) is 24.8. The Morgan fingerprint density at radius 1 is 0.906 bits per heavy atom. The summed E-state index contributed by atoms with van der Waals surface area (Å²) in [6, 6.07) is -0.935. The summed E-state index contributed by atoms with van der Waals surface area (Å²) < 4.78 is 27.6. The minimum absolute atomic E-state index is 0.251. The molecule has 1 aliphatic heterocycles. The van der Waals surface area contributed by atoms with Crippen molar-refractivity contribution in [1.82, 2.24) is 5.32 Å². The number of esters is 3. The van der Waals surface area contributed by atoms with Gasteiger partial charge in [0.15, 0.2) is 18.5 Å². The van der Waals surface area contributed by atoms with Crippen LogP contribution in [0.25, 0.3) is 0 Å². The van der Waals surface area contributed by atoms with Gasteiger partial charge in [-0.05, 0) is 19.3 Å². The summed E-state index contributed by atoms with van der Waals surface area (Å²) in [6.45, 7) is 8.70. The Morgan fingerprint density at radius 2 is 1.53 bits per heavy atom. The quantitative estimate of drug-likeness (QED) is 0.191. The van der Waals surface area contributed by atoms with E-state index in [0.717, 1.165) is 32.1 Å². The molecule has 1 rings (SSSR count). The molecular formula is C22H35NO9. The third-order valence-electron chi connectivity index (χ3n) is 4.66. The van der Waals surface area contributed by atoms with Gasteiger partial charge < -0.3 is 29.0 Å². The molecule has 0 aromatic rings. The highest BCUT2D eigenvalue weighted by Gasteiger charge is 2.51. The average molecular weight is 458 g/mol. The first-order valence-electron chi connectivity index (χ1n) is 10.8. The number of unbranched alkanes of at least 4 members (excludes halogenated alkanes) is 4. The van der Waals surface area contributed by atoms with Gasteiger partial charge in [-0.3, -0.25) is 19.2 Å². The van der Waals surface area contributed by atoms with Crippen molar-refractivity contribution < 1.29 is 42.9 Å². The molecule has 0 radical (unpaired) electrons. The fraction of sp³-hybridized carbons (Fsp3) is 0.727. The first-order valence-corrected chi connectivity index (χ1v) is 10.8. The molecule has 1 amide bonds. The zero-order valence-corrected chi connectivity index (χ0v) is 19.3. The number of ether oxygens (including phenoxy) is 5. The number of hydrogen-bond donors (Lipinski definition) is 1. The van der Waals surface area contributed by atoms with E-state index in [1.807, 2.05) is 6.08 Å². The van der Waals surface area contributed by atoms with E-state index in [2.05, 4.69) is 11.9 Å². The van der Waals surface area contributed by atoms with Crippen molar-refractivity contribution in [1.29, 1.82) is 0 Å². The molecule has 0 spiro atoms. The number of rotatable bonds is 13. The summed E-state index contributed by atoms with van der Waals surface area (Å²) in [5.41, 5.74) is 0. The van der Waals surface area contributed by atoms with E-state index in [1.165, 1.54) is 27.7 Å². The van der Waals surface area contributed by atoms with Crippen molar-refractivity contribution in [2.24, 2.45) is 0 Å². The molecule has 182 valence electrons. The van der Waals surface area contributed by atoms with Crippen LogP contribution in [0.15, 0.2) is 12.7 Å². The van der Waals surface area contributed by atoms with Gasteiger partial charge in [0.25, 0.3) is 0 Å². The van der Waals surface area contributed by atoms with Gasteiger partial charge in [0.2, 0.25) is 5.91 Å². The lowest BCUT2D eigenvalue weighted by molar-refractivity contribution is -0.277. The molecule has 5 atom stereocenters. The topological polar surface area (TPSA) is 126 Å². The first kappa shape index (κ1) is 27.6. The maximum absolute atomic E-state index is 11.8. The number of carbonyl (C=O) groups excluding carboxylic acids is 4. The zero-order valence-electron chi connectivity index (χ0n) is 19.3. The second-order valence-corrected chi connectivity index (χ2v) is 7.58. The van der Waals surface area contributed by atoms with Crippen molar-refractivity contribution in [3.63, 3.8) is 0 Å². The van der Waals surface area contributed by atoms with Gasteiger partial charge in [-0.2, -0.15) is 0 Å². The van der Waals surface area contributed by atoms with Gasteiger partial charge >= 0.3 is 17.9 Å². The number of allylic oxidation sites excluding steroid dienone is 1. The Morgan fingerprint density at radius 3 is 2.09 bits per heavy atom. The van der Waals surface area contributed by atoms with Crippen LogP contribution in [0.1, 0.15) is 59.8 Å². The van der Waals surface area contributed by atoms with E-state index in [9.17, 15) is 19.2 Å². The van der Waals surface area contributed by atoms with E-state index in [1.54, 1.807) is 0 Å². The van der Waals surface area contributed by atoms with Crippen molar-refractivity contribution in [3.05, 3.63) is 12.7 Å². The van der Waals surface area contributed by atoms with E-state index >= 15 is 0 Å². The molecule has 0 bridgehead atoms. The third kappa shape index (κ3) is 10.2. The van der Waals surface area contributed by atoms with Gasteiger partial charge in [0.05, 0.1) is 0 Å². The fourth-order valence-corrected chi connectivity index (χ4v) is 3.38. The molecule has 0 aromatic carbocycles. The summed E-state index contributed by atoms with van der Waals surface area (Å²) in [7, 11) is 0. The van der Waals surface area contributed by atoms with Gasteiger partial charge in [-0.15, -0.1) is 6.58 Å². The highest BCUT2D eigenvalue weighted by Crippen LogP contribution is 2.28. The number of amides is 1. The van der Waals surface area contributed by atoms with E-state index < -0.39 is 54.5 Å². The predicted molar refractivity (Wildman–Crippen MR) is 113 cm³/mol. The molecule has 1 N–H and O–H groups in total. The largest absolute Gasteiger partial charge is 0.463 e. The van der Waals surface area contributed by atoms with Crippen LogP contribution in [-0.2, 0) is 42.9 Å². The van der Waals surface area contributed by atoms with Crippen LogP contribution >= 0.6 is 0 Å². The van der Waals surface area contributed by atoms with Crippen LogP contribution in [0.2, 0.25) is 0 Å². The molecule has 10 heteroatoms. The fourth-order valence-electron chi connectivity index (χ4n) is 3.38. The minimum Gasteiger partial charge on any atom is -0.463 e. The average Bonchev–Trinajstić information content (AvgIpc) is 2.68. The number of nitrogens with one attached hydrogen (secondary N) is 1. The van der Waals surface area contributed by atoms with Crippen LogP contribution in [0.5, 0.6) is 0 Å². The molecule has 32 heavy (non-hydrogen) atoms. The maximum Gasteiger partial charge on any atom is 0.303 e. The molecule has 1 saturated heterocycles. The molecule has 1 heterocycles. The van der Waals surface area contributed by atoms with Crippen molar-refractivity contribution in [2.45, 2.75) is 90.4 Å². The molecule has 3 unspecified atom stereocenters. The summed E-state index contributed by atoms with van der Waals surface area (Å²) in [4.78, 5) is 46.7. The number of hydrogen-bond acceptors (Lipinski definition) is 9. The van der Waals surface area contributed by atoms with Crippen molar-refractivity contribution in [3.8, 4) is 0 Å². The van der Waals surface area contributed by atoms with Gasteiger partial charge in [0.1, 0.15) is 18.8 Å². The summed E-state index contributed by atoms with van der Waals surface area (Å²) in [5, 5.41) is 2.67. The third-order valence-corrected chi connectivity index (χ3v) is 4.66. The number of carbonyl (C=O) groups is 4. The molecule has 0 saturated carbocycles. The van der Waals surface area contributed by atoms with Crippen LogP contribution in [0, 0.1) is 0 Å². The second-order valence-electron chi connectivity index (χ2n) is 7.58. The molecule has 0 aliphatic carbocycles. The van der Waals surface area contributed by atoms with Gasteiger partial charge in [0, 0.05) is 34.3 Å². The Bertz CT molecular complexity index is 651. The Kier molecular flexibility index (Phi) is 12.6. The summed E-state index contributed by atoms with van der Waals surface area (Å²) in [6.07, 6.45) is 2.39. The van der Waals surface area contributed by atoms with E-state index in [0.29, 0.717) is 6.61 Å². The lowest BCUT2D eigenvalue weighted by Gasteiger charge is -2.44. The van der Waals surface area contributed by atoms with Gasteiger partial charge in [-0.1, -0.05) is 18.9 Å². The lowest BCUT2D eigenvalue weighted by atomic mass is 9.96. The van der Waals surface area contributed by atoms with Gasteiger partial charge in [-0.25, -0.2) is 0 Å². The molecule has 0 aromatic heterocycles.